The van der Waals surface area contributed by atoms with Gasteiger partial charge in [0.2, 0.25) is 11.9 Å². The summed E-state index contributed by atoms with van der Waals surface area (Å²) in [5.74, 6) is 0.673. The van der Waals surface area contributed by atoms with Crippen LogP contribution in [0.15, 0.2) is 6.33 Å². The van der Waals surface area contributed by atoms with Crippen LogP contribution in [-0.4, -0.2) is 89.0 Å². The van der Waals surface area contributed by atoms with Crippen LogP contribution in [0.25, 0.3) is 11.2 Å². The van der Waals surface area contributed by atoms with Crippen LogP contribution in [0, 0.1) is 0 Å². The van der Waals surface area contributed by atoms with Crippen molar-refractivity contribution in [3.63, 3.8) is 0 Å². The van der Waals surface area contributed by atoms with Gasteiger partial charge in [0.05, 0.1) is 13.2 Å². The molecule has 0 saturated carbocycles. The summed E-state index contributed by atoms with van der Waals surface area (Å²) in [6.07, 6.45) is -3.15. The average Bonchev–Trinajstić information content (AvgIpc) is 3.05. The van der Waals surface area contributed by atoms with Gasteiger partial charge in [-0.2, -0.15) is 13.2 Å². The zero-order valence-corrected chi connectivity index (χ0v) is 16.0. The van der Waals surface area contributed by atoms with Gasteiger partial charge < -0.3 is 19.4 Å². The monoisotopic (exact) mass is 413 g/mol. The summed E-state index contributed by atoms with van der Waals surface area (Å²) in [6.45, 7) is 4.20. The molecular weight excluding hydrogens is 391 g/mol. The van der Waals surface area contributed by atoms with Gasteiger partial charge in [-0.05, 0) is 0 Å². The van der Waals surface area contributed by atoms with Crippen LogP contribution in [0.2, 0.25) is 0 Å². The number of ether oxygens (including phenoxy) is 1. The maximum atomic E-state index is 13.3. The molecule has 0 radical (unpaired) electrons. The number of carbonyl (C=O) groups excluding carboxylic acids is 1. The first kappa shape index (κ1) is 19.7. The molecule has 0 N–H and O–H groups in total. The first-order valence-electron chi connectivity index (χ1n) is 9.44. The van der Waals surface area contributed by atoms with E-state index in [9.17, 15) is 18.0 Å². The first-order chi connectivity index (χ1) is 13.8. The third kappa shape index (κ3) is 4.07. The first-order valence-corrected chi connectivity index (χ1v) is 9.44. The molecule has 0 aromatic carbocycles. The molecule has 0 unspecified atom stereocenters. The number of hydrogen-bond donors (Lipinski definition) is 0. The van der Waals surface area contributed by atoms with Crippen LogP contribution >= 0.6 is 0 Å². The predicted molar refractivity (Wildman–Crippen MR) is 98.9 cm³/mol. The summed E-state index contributed by atoms with van der Waals surface area (Å²) < 4.78 is 46.4. The van der Waals surface area contributed by atoms with E-state index in [0.717, 1.165) is 4.57 Å². The number of nitrogens with zero attached hydrogens (tertiary/aromatic N) is 7. The van der Waals surface area contributed by atoms with E-state index < -0.39 is 12.7 Å². The lowest BCUT2D eigenvalue weighted by Gasteiger charge is -2.35. The molecule has 0 atom stereocenters. The molecule has 4 rings (SSSR count). The zero-order valence-electron chi connectivity index (χ0n) is 16.0. The number of piperazine rings is 1. The summed E-state index contributed by atoms with van der Waals surface area (Å²) in [5.41, 5.74) is 0.505. The lowest BCUT2D eigenvalue weighted by Crippen LogP contribution is -2.49. The molecule has 158 valence electrons. The number of rotatable bonds is 3. The van der Waals surface area contributed by atoms with Gasteiger partial charge in [0.1, 0.15) is 12.9 Å². The molecule has 0 spiro atoms. The number of fused-ring (bicyclic) bond motifs is 1. The van der Waals surface area contributed by atoms with Gasteiger partial charge in [-0.3, -0.25) is 9.36 Å². The van der Waals surface area contributed by atoms with E-state index in [1.54, 1.807) is 9.80 Å². The topological polar surface area (TPSA) is 79.6 Å². The highest BCUT2D eigenvalue weighted by atomic mass is 19.4. The van der Waals surface area contributed by atoms with Crippen molar-refractivity contribution in [2.75, 3.05) is 62.3 Å². The number of halogens is 3. The number of aromatic nitrogens is 4. The fourth-order valence-corrected chi connectivity index (χ4v) is 3.71. The Morgan fingerprint density at radius 1 is 1.07 bits per heavy atom. The van der Waals surface area contributed by atoms with Gasteiger partial charge >= 0.3 is 6.18 Å². The Balaban J connectivity index is 1.74. The SMILES string of the molecule is CC(=O)N1CCN(c2nc3c(N4CCOCC4)ncnc3n2CC(F)(F)F)CC1. The van der Waals surface area contributed by atoms with E-state index >= 15 is 0 Å². The summed E-state index contributed by atoms with van der Waals surface area (Å²) in [5, 5.41) is 0. The molecule has 4 heterocycles. The summed E-state index contributed by atoms with van der Waals surface area (Å²) >= 11 is 0. The third-order valence-electron chi connectivity index (χ3n) is 5.15. The van der Waals surface area contributed by atoms with Gasteiger partial charge in [0.25, 0.3) is 0 Å². The molecule has 2 fully saturated rings. The second-order valence-electron chi connectivity index (χ2n) is 7.08. The Hall–Kier alpha value is -2.63. The minimum absolute atomic E-state index is 0.0473. The fraction of sp³-hybridized carbons (Fsp3) is 0.647. The molecule has 2 aliphatic rings. The number of alkyl halides is 3. The quantitative estimate of drug-likeness (QED) is 0.740. The molecule has 0 aliphatic carbocycles. The van der Waals surface area contributed by atoms with Crippen LogP contribution in [0.4, 0.5) is 24.9 Å². The summed E-state index contributed by atoms with van der Waals surface area (Å²) in [6, 6.07) is 0. The minimum atomic E-state index is -4.42. The third-order valence-corrected chi connectivity index (χ3v) is 5.15. The Morgan fingerprint density at radius 2 is 1.76 bits per heavy atom. The van der Waals surface area contributed by atoms with Gasteiger partial charge in [-0.25, -0.2) is 15.0 Å². The smallest absolute Gasteiger partial charge is 0.378 e. The molecular formula is C17H22F3N7O2. The largest absolute Gasteiger partial charge is 0.406 e. The number of anilines is 2. The van der Waals surface area contributed by atoms with Crippen LogP contribution in [0.1, 0.15) is 6.92 Å². The van der Waals surface area contributed by atoms with Crippen molar-refractivity contribution >= 4 is 28.8 Å². The molecule has 2 aromatic rings. The number of amides is 1. The lowest BCUT2D eigenvalue weighted by molar-refractivity contribution is -0.139. The van der Waals surface area contributed by atoms with E-state index in [0.29, 0.717) is 63.8 Å². The van der Waals surface area contributed by atoms with E-state index in [2.05, 4.69) is 15.0 Å². The highest BCUT2D eigenvalue weighted by molar-refractivity contribution is 5.86. The summed E-state index contributed by atoms with van der Waals surface area (Å²) in [7, 11) is 0. The van der Waals surface area contributed by atoms with Crippen LogP contribution in [-0.2, 0) is 16.1 Å². The van der Waals surface area contributed by atoms with Gasteiger partial charge in [-0.15, -0.1) is 0 Å². The highest BCUT2D eigenvalue weighted by Crippen LogP contribution is 2.31. The highest BCUT2D eigenvalue weighted by Gasteiger charge is 2.34. The van der Waals surface area contributed by atoms with Crippen LogP contribution in [0.5, 0.6) is 0 Å². The van der Waals surface area contributed by atoms with E-state index in [4.69, 9.17) is 4.74 Å². The van der Waals surface area contributed by atoms with Crippen molar-refractivity contribution in [3.8, 4) is 0 Å². The van der Waals surface area contributed by atoms with Crippen molar-refractivity contribution in [2.45, 2.75) is 19.6 Å². The van der Waals surface area contributed by atoms with Crippen molar-refractivity contribution < 1.29 is 22.7 Å². The second kappa shape index (κ2) is 7.65. The molecule has 9 nitrogen and oxygen atoms in total. The van der Waals surface area contributed by atoms with Crippen molar-refractivity contribution in [1.82, 2.24) is 24.4 Å². The lowest BCUT2D eigenvalue weighted by atomic mass is 10.3. The Bertz CT molecular complexity index is 887. The van der Waals surface area contributed by atoms with E-state index in [-0.39, 0.29) is 17.5 Å². The van der Waals surface area contributed by atoms with E-state index in [1.165, 1.54) is 13.3 Å². The van der Waals surface area contributed by atoms with Crippen molar-refractivity contribution in [1.29, 1.82) is 0 Å². The zero-order chi connectivity index (χ0) is 20.6. The maximum Gasteiger partial charge on any atom is 0.406 e. The second-order valence-corrected chi connectivity index (χ2v) is 7.08. The van der Waals surface area contributed by atoms with Crippen LogP contribution in [0.3, 0.4) is 0 Å². The summed E-state index contributed by atoms with van der Waals surface area (Å²) in [4.78, 5) is 29.9. The molecule has 2 saturated heterocycles. The molecule has 2 aliphatic heterocycles. The fourth-order valence-electron chi connectivity index (χ4n) is 3.71. The number of morpholine rings is 1. The van der Waals surface area contributed by atoms with Crippen molar-refractivity contribution in [3.05, 3.63) is 6.33 Å². The van der Waals surface area contributed by atoms with Gasteiger partial charge in [0, 0.05) is 46.2 Å². The minimum Gasteiger partial charge on any atom is -0.378 e. The molecule has 12 heteroatoms. The molecule has 2 aromatic heterocycles. The van der Waals surface area contributed by atoms with Gasteiger partial charge in [0.15, 0.2) is 17.0 Å². The number of carbonyl (C=O) groups is 1. The molecule has 1 amide bonds. The Kier molecular flexibility index (Phi) is 5.19. The Morgan fingerprint density at radius 3 is 2.38 bits per heavy atom. The normalized spacial score (nSPS) is 18.6. The standard InChI is InChI=1S/C17H22F3N7O2/c1-12(28)24-2-4-26(5-3-24)16-23-13-14(25-6-8-29-9-7-25)21-11-22-15(13)27(16)10-17(18,19)20/h11H,2-10H2,1H3. The average molecular weight is 413 g/mol. The van der Waals surface area contributed by atoms with E-state index in [1.807, 2.05) is 4.90 Å². The Labute approximate surface area is 165 Å². The predicted octanol–water partition coefficient (Wildman–Crippen LogP) is 0.894. The van der Waals surface area contributed by atoms with Crippen molar-refractivity contribution in [2.24, 2.45) is 0 Å². The maximum absolute atomic E-state index is 13.3. The number of imidazole rings is 1. The van der Waals surface area contributed by atoms with Crippen LogP contribution < -0.4 is 9.80 Å². The molecule has 0 bridgehead atoms. The number of hydrogen-bond acceptors (Lipinski definition) is 7. The van der Waals surface area contributed by atoms with Gasteiger partial charge in [-0.1, -0.05) is 0 Å². The molecule has 29 heavy (non-hydrogen) atoms.